The Morgan fingerprint density at radius 3 is 1.50 bits per heavy atom. The molecule has 4 aromatic rings. The Balaban J connectivity index is 0.000000252. The number of imide groups is 1. The first-order valence-electron chi connectivity index (χ1n) is 19.2. The Bertz CT molecular complexity index is 2030. The number of benzene rings is 4. The first-order valence-corrected chi connectivity index (χ1v) is 20.2. The van der Waals surface area contributed by atoms with Gasteiger partial charge in [0.15, 0.2) is 0 Å². The second kappa shape index (κ2) is 19.3. The maximum atomic E-state index is 14.1. The SMILES string of the molecule is CC(C)c1cccc(C(C)C)c1N1[CH-]N(c2c(C(C)C)cccc2C(C)C)CC1.CCC1Oc2c([CH]=[Ru+])cccc2N(C(=O)c2c(F)c(F)c(F)c(F)c2F)C1=O.Cl. The van der Waals surface area contributed by atoms with Gasteiger partial charge in [0.25, 0.3) is 0 Å². The van der Waals surface area contributed by atoms with Gasteiger partial charge in [-0.3, -0.25) is 0 Å². The van der Waals surface area contributed by atoms with Crippen molar-refractivity contribution in [3.8, 4) is 5.75 Å². The predicted molar refractivity (Wildman–Crippen MR) is 220 cm³/mol. The van der Waals surface area contributed by atoms with Crippen LogP contribution in [0, 0.1) is 35.8 Å². The third-order valence-electron chi connectivity index (χ3n) is 10.2. The summed E-state index contributed by atoms with van der Waals surface area (Å²) in [6, 6.07) is 18.0. The molecule has 0 aliphatic carbocycles. The Labute approximate surface area is 354 Å². The second-order valence-corrected chi connectivity index (χ2v) is 15.9. The van der Waals surface area contributed by atoms with E-state index in [1.165, 1.54) is 45.8 Å². The Kier molecular flexibility index (Phi) is 15.5. The number of hydrogen-bond donors (Lipinski definition) is 0. The maximum Gasteiger partial charge on any atom is -0.147 e. The molecule has 2 aliphatic rings. The molecule has 6 nitrogen and oxygen atoms in total. The van der Waals surface area contributed by atoms with E-state index < -0.39 is 52.6 Å². The molecule has 313 valence electrons. The number of carbonyl (C=O) groups is 2. The fraction of sp³-hybridized carbons (Fsp3) is 0.378. The topological polar surface area (TPSA) is 53.1 Å². The molecule has 2 aliphatic heterocycles. The number of nitrogens with zero attached hydrogens (tertiary/aromatic N) is 3. The van der Waals surface area contributed by atoms with Gasteiger partial charge in [-0.25, -0.2) is 0 Å². The summed E-state index contributed by atoms with van der Waals surface area (Å²) in [5.74, 6) is -12.1. The molecule has 2 amide bonds. The second-order valence-electron chi connectivity index (χ2n) is 15.4. The summed E-state index contributed by atoms with van der Waals surface area (Å²) in [5.41, 5.74) is 7.24. The van der Waals surface area contributed by atoms with Crippen molar-refractivity contribution in [3.63, 3.8) is 0 Å². The van der Waals surface area contributed by atoms with E-state index in [-0.39, 0.29) is 30.3 Å². The Hall–Kier alpha value is -4.15. The van der Waals surface area contributed by atoms with E-state index in [1.807, 2.05) is 0 Å². The van der Waals surface area contributed by atoms with Gasteiger partial charge < -0.3 is 9.80 Å². The molecular formula is C45H50ClF5N3O3Ru. The van der Waals surface area contributed by atoms with E-state index >= 15 is 0 Å². The van der Waals surface area contributed by atoms with E-state index in [0.717, 1.165) is 13.1 Å². The van der Waals surface area contributed by atoms with Crippen LogP contribution in [0.25, 0.3) is 0 Å². The normalized spacial score (nSPS) is 15.1. The number of rotatable bonds is 9. The minimum Gasteiger partial charge on any atom is -0.147 e. The number of fused-ring (bicyclic) bond motifs is 1. The zero-order valence-corrected chi connectivity index (χ0v) is 36.6. The van der Waals surface area contributed by atoms with E-state index in [1.54, 1.807) is 17.6 Å². The number of amides is 2. The molecule has 1 atom stereocenters. The average molecular weight is 912 g/mol. The molecule has 0 N–H and O–H groups in total. The quantitative estimate of drug-likeness (QED) is 0.0418. The van der Waals surface area contributed by atoms with Crippen LogP contribution in [-0.2, 0) is 22.6 Å². The van der Waals surface area contributed by atoms with E-state index in [2.05, 4.69) is 126 Å². The molecule has 13 heteroatoms. The summed E-state index contributed by atoms with van der Waals surface area (Å²) < 4.78 is 75.7. The van der Waals surface area contributed by atoms with Crippen molar-refractivity contribution in [2.24, 2.45) is 0 Å². The average Bonchev–Trinajstić information content (AvgIpc) is 3.68. The van der Waals surface area contributed by atoms with E-state index in [9.17, 15) is 31.5 Å². The molecule has 0 radical (unpaired) electrons. The Morgan fingerprint density at radius 1 is 0.724 bits per heavy atom. The third kappa shape index (κ3) is 8.88. The first-order chi connectivity index (χ1) is 27.0. The van der Waals surface area contributed by atoms with Gasteiger partial charge >= 0.3 is 165 Å². The number of carbonyl (C=O) groups excluding carboxylic acids is 2. The van der Waals surface area contributed by atoms with Crippen molar-refractivity contribution >= 4 is 45.9 Å². The fourth-order valence-electron chi connectivity index (χ4n) is 7.28. The van der Waals surface area contributed by atoms with Gasteiger partial charge in [-0.2, -0.15) is 6.67 Å². The van der Waals surface area contributed by atoms with Crippen LogP contribution >= 0.6 is 12.4 Å². The van der Waals surface area contributed by atoms with Gasteiger partial charge in [-0.15, -0.1) is 12.4 Å². The standard InChI is InChI=1S/C27H39N2.C18H10F5NO3.ClH.Ru/c1-18(2)22-11-9-12-23(19(3)4)26(22)28-15-16-29(17-28)27-24(20(5)6)13-10-14-25(27)21(7)8;1-3-9-17(25)24(8-6-4-5-7(2)16(8)27-9)18(26)10-11(19)13(21)15(23)14(22)12(10)20;;/h9-14,17-21H,15-16H2,1-8H3;2,4-6,9H,3H2,1H3;1H;/q-1;;;+1. The fourth-order valence-corrected chi connectivity index (χ4v) is 7.67. The van der Waals surface area contributed by atoms with Crippen molar-refractivity contribution < 1.29 is 54.1 Å². The predicted octanol–water partition coefficient (Wildman–Crippen LogP) is 11.5. The number of anilines is 3. The number of halogens is 6. The van der Waals surface area contributed by atoms with Crippen LogP contribution < -0.4 is 19.4 Å². The first kappa shape index (κ1) is 46.5. The molecule has 4 aromatic carbocycles. The van der Waals surface area contributed by atoms with Crippen LogP contribution in [0.2, 0.25) is 0 Å². The van der Waals surface area contributed by atoms with Gasteiger partial charge in [0.1, 0.15) is 0 Å². The van der Waals surface area contributed by atoms with Gasteiger partial charge in [-0.1, -0.05) is 91.8 Å². The molecule has 0 bridgehead atoms. The molecular weight excluding hydrogens is 862 g/mol. The van der Waals surface area contributed by atoms with Crippen LogP contribution in [0.5, 0.6) is 5.75 Å². The van der Waals surface area contributed by atoms with Crippen LogP contribution in [0.3, 0.4) is 0 Å². The molecule has 6 rings (SSSR count). The monoisotopic (exact) mass is 912 g/mol. The Morgan fingerprint density at radius 2 is 1.12 bits per heavy atom. The van der Waals surface area contributed by atoms with Gasteiger partial charge in [-0.05, 0) is 45.9 Å². The summed E-state index contributed by atoms with van der Waals surface area (Å²) in [4.78, 5) is 30.8. The van der Waals surface area contributed by atoms with E-state index in [0.29, 0.717) is 34.1 Å². The molecule has 0 spiro atoms. The minimum atomic E-state index is -2.40. The van der Waals surface area contributed by atoms with Crippen LogP contribution in [0.4, 0.5) is 39.0 Å². The van der Waals surface area contributed by atoms with Gasteiger partial charge in [0.05, 0.1) is 0 Å². The van der Waals surface area contributed by atoms with Crippen LogP contribution in [-0.4, -0.2) is 35.6 Å². The molecule has 1 saturated heterocycles. The smallest absolute Gasteiger partial charge is 0.147 e. The number of hydrogen-bond acceptors (Lipinski definition) is 5. The van der Waals surface area contributed by atoms with Crippen molar-refractivity contribution in [2.45, 2.75) is 98.5 Å². The molecule has 0 saturated carbocycles. The maximum absolute atomic E-state index is 14.1. The van der Waals surface area contributed by atoms with Crippen molar-refractivity contribution in [3.05, 3.63) is 124 Å². The minimum absolute atomic E-state index is 0. The van der Waals surface area contributed by atoms with Gasteiger partial charge in [0.2, 0.25) is 0 Å². The van der Waals surface area contributed by atoms with Crippen molar-refractivity contribution in [2.75, 3.05) is 27.8 Å². The van der Waals surface area contributed by atoms with Crippen LogP contribution in [0.15, 0.2) is 54.6 Å². The summed E-state index contributed by atoms with van der Waals surface area (Å²) in [5, 5.41) is 0. The van der Waals surface area contributed by atoms with Crippen molar-refractivity contribution in [1.29, 1.82) is 0 Å². The largest absolute Gasteiger partial charge is 0.147 e. The third-order valence-corrected chi connectivity index (χ3v) is 10.8. The van der Waals surface area contributed by atoms with E-state index in [4.69, 9.17) is 4.74 Å². The molecule has 2 heterocycles. The summed E-state index contributed by atoms with van der Waals surface area (Å²) in [7, 11) is 0. The van der Waals surface area contributed by atoms with Crippen molar-refractivity contribution in [1.82, 2.24) is 0 Å². The number of ether oxygens (including phenoxy) is 1. The zero-order chi connectivity index (χ0) is 42.0. The zero-order valence-electron chi connectivity index (χ0n) is 34.1. The molecule has 1 unspecified atom stereocenters. The van der Waals surface area contributed by atoms with Gasteiger partial charge in [0, 0.05) is 24.5 Å². The number of para-hydroxylation sites is 3. The molecule has 1 fully saturated rings. The molecule has 58 heavy (non-hydrogen) atoms. The molecule has 0 aromatic heterocycles. The summed E-state index contributed by atoms with van der Waals surface area (Å²) in [6.07, 6.45) is -1.07. The summed E-state index contributed by atoms with van der Waals surface area (Å²) >= 11 is 2.19. The summed E-state index contributed by atoms with van der Waals surface area (Å²) in [6.45, 7) is 24.5. The van der Waals surface area contributed by atoms with Crippen LogP contribution in [0.1, 0.15) is 131 Å².